The van der Waals surface area contributed by atoms with E-state index in [0.29, 0.717) is 0 Å². The fraction of sp³-hybridized carbons (Fsp3) is 0.455. The summed E-state index contributed by atoms with van der Waals surface area (Å²) in [5.41, 5.74) is 0.974. The van der Waals surface area contributed by atoms with Gasteiger partial charge in [-0.3, -0.25) is 0 Å². The molecule has 4 heteroatoms. The molecule has 1 atom stereocenters. The zero-order chi connectivity index (χ0) is 11.5. The van der Waals surface area contributed by atoms with Crippen molar-refractivity contribution < 1.29 is 8.42 Å². The molecule has 15 heavy (non-hydrogen) atoms. The SMILES string of the molecule is CC(C)S(=O)(=O)N[C@@H](C)c1ccccc1. The van der Waals surface area contributed by atoms with Crippen LogP contribution in [0.5, 0.6) is 0 Å². The van der Waals surface area contributed by atoms with Crippen molar-refractivity contribution in [2.75, 3.05) is 0 Å². The third-order valence-corrected chi connectivity index (χ3v) is 4.18. The largest absolute Gasteiger partial charge is 0.214 e. The minimum Gasteiger partial charge on any atom is -0.212 e. The molecule has 0 aromatic heterocycles. The maximum Gasteiger partial charge on any atom is 0.214 e. The summed E-state index contributed by atoms with van der Waals surface area (Å²) in [5.74, 6) is 0. The second-order valence-electron chi connectivity index (χ2n) is 3.84. The lowest BCUT2D eigenvalue weighted by Crippen LogP contribution is -2.32. The van der Waals surface area contributed by atoms with Crippen molar-refractivity contribution in [1.29, 1.82) is 0 Å². The van der Waals surface area contributed by atoms with Gasteiger partial charge in [0.25, 0.3) is 0 Å². The summed E-state index contributed by atoms with van der Waals surface area (Å²) in [6.45, 7) is 5.18. The van der Waals surface area contributed by atoms with Crippen LogP contribution in [-0.4, -0.2) is 13.7 Å². The average Bonchev–Trinajstić information content (AvgIpc) is 2.18. The van der Waals surface area contributed by atoms with Crippen molar-refractivity contribution in [3.05, 3.63) is 35.9 Å². The van der Waals surface area contributed by atoms with Gasteiger partial charge in [-0.05, 0) is 26.3 Å². The highest BCUT2D eigenvalue weighted by Gasteiger charge is 2.18. The number of benzene rings is 1. The molecule has 0 fully saturated rings. The molecular weight excluding hydrogens is 210 g/mol. The van der Waals surface area contributed by atoms with Gasteiger partial charge < -0.3 is 0 Å². The Morgan fingerprint density at radius 2 is 1.60 bits per heavy atom. The molecule has 0 bridgehead atoms. The minimum absolute atomic E-state index is 0.182. The average molecular weight is 227 g/mol. The monoisotopic (exact) mass is 227 g/mol. The van der Waals surface area contributed by atoms with Gasteiger partial charge in [0, 0.05) is 6.04 Å². The van der Waals surface area contributed by atoms with Crippen molar-refractivity contribution in [3.8, 4) is 0 Å². The molecule has 0 amide bonds. The predicted molar refractivity (Wildman–Crippen MR) is 62.0 cm³/mol. The molecule has 0 unspecified atom stereocenters. The summed E-state index contributed by atoms with van der Waals surface area (Å²) in [4.78, 5) is 0. The summed E-state index contributed by atoms with van der Waals surface area (Å²) in [7, 11) is -3.20. The lowest BCUT2D eigenvalue weighted by Gasteiger charge is -2.16. The highest BCUT2D eigenvalue weighted by atomic mass is 32.2. The fourth-order valence-electron chi connectivity index (χ4n) is 1.19. The Balaban J connectivity index is 2.77. The van der Waals surface area contributed by atoms with Gasteiger partial charge in [0.05, 0.1) is 5.25 Å². The maximum absolute atomic E-state index is 11.6. The van der Waals surface area contributed by atoms with Crippen LogP contribution in [-0.2, 0) is 10.0 Å². The first-order chi connectivity index (χ1) is 6.93. The topological polar surface area (TPSA) is 46.2 Å². The van der Waals surface area contributed by atoms with E-state index in [0.717, 1.165) is 5.56 Å². The van der Waals surface area contributed by atoms with Crippen molar-refractivity contribution in [3.63, 3.8) is 0 Å². The molecular formula is C11H17NO2S. The quantitative estimate of drug-likeness (QED) is 0.856. The molecule has 0 aliphatic heterocycles. The second-order valence-corrected chi connectivity index (χ2v) is 6.11. The van der Waals surface area contributed by atoms with Crippen LogP contribution in [0.4, 0.5) is 0 Å². The molecule has 1 aromatic carbocycles. The van der Waals surface area contributed by atoms with Crippen molar-refractivity contribution >= 4 is 10.0 Å². The first-order valence-electron chi connectivity index (χ1n) is 4.99. The van der Waals surface area contributed by atoms with Crippen LogP contribution in [0.2, 0.25) is 0 Å². The molecule has 0 heterocycles. The Hall–Kier alpha value is -0.870. The van der Waals surface area contributed by atoms with E-state index in [4.69, 9.17) is 0 Å². The Kier molecular flexibility index (Phi) is 3.88. The molecule has 0 saturated carbocycles. The zero-order valence-electron chi connectivity index (χ0n) is 9.27. The van der Waals surface area contributed by atoms with E-state index in [9.17, 15) is 8.42 Å². The van der Waals surface area contributed by atoms with Crippen LogP contribution in [0.25, 0.3) is 0 Å². The van der Waals surface area contributed by atoms with Crippen LogP contribution < -0.4 is 4.72 Å². The smallest absolute Gasteiger partial charge is 0.212 e. The van der Waals surface area contributed by atoms with Gasteiger partial charge in [0.2, 0.25) is 10.0 Å². The van der Waals surface area contributed by atoms with Gasteiger partial charge in [-0.25, -0.2) is 13.1 Å². The molecule has 84 valence electrons. The summed E-state index contributed by atoms with van der Waals surface area (Å²) in [5, 5.41) is -0.399. The summed E-state index contributed by atoms with van der Waals surface area (Å²) in [6.07, 6.45) is 0. The molecule has 1 rings (SSSR count). The first kappa shape index (κ1) is 12.2. The van der Waals surface area contributed by atoms with Crippen molar-refractivity contribution in [1.82, 2.24) is 4.72 Å². The number of hydrogen-bond donors (Lipinski definition) is 1. The van der Waals surface area contributed by atoms with Gasteiger partial charge >= 0.3 is 0 Å². The van der Waals surface area contributed by atoms with Gasteiger partial charge in [-0.2, -0.15) is 0 Å². The molecule has 0 aliphatic carbocycles. The van der Waals surface area contributed by atoms with E-state index in [1.165, 1.54) is 0 Å². The van der Waals surface area contributed by atoms with Crippen molar-refractivity contribution in [2.45, 2.75) is 32.1 Å². The second kappa shape index (κ2) is 4.77. The molecule has 0 saturated heterocycles. The number of hydrogen-bond acceptors (Lipinski definition) is 2. The molecule has 0 spiro atoms. The van der Waals surface area contributed by atoms with Gasteiger partial charge in [0.15, 0.2) is 0 Å². The third-order valence-electron chi connectivity index (χ3n) is 2.26. The number of rotatable bonds is 4. The van der Waals surface area contributed by atoms with Gasteiger partial charge in [-0.15, -0.1) is 0 Å². The normalized spacial score (nSPS) is 14.1. The van der Waals surface area contributed by atoms with Gasteiger partial charge in [0.1, 0.15) is 0 Å². The Bertz CT molecular complexity index is 398. The van der Waals surface area contributed by atoms with Crippen molar-refractivity contribution in [2.24, 2.45) is 0 Å². The van der Waals surface area contributed by atoms with Crippen LogP contribution in [0.15, 0.2) is 30.3 Å². The zero-order valence-corrected chi connectivity index (χ0v) is 10.1. The van der Waals surface area contributed by atoms with E-state index >= 15 is 0 Å². The summed E-state index contributed by atoms with van der Waals surface area (Å²) < 4.78 is 25.9. The van der Waals surface area contributed by atoms with Gasteiger partial charge in [-0.1, -0.05) is 30.3 Å². The summed E-state index contributed by atoms with van der Waals surface area (Å²) >= 11 is 0. The Morgan fingerprint density at radius 1 is 1.07 bits per heavy atom. The van der Waals surface area contributed by atoms with E-state index in [-0.39, 0.29) is 6.04 Å². The number of sulfonamides is 1. The maximum atomic E-state index is 11.6. The molecule has 1 aromatic rings. The Morgan fingerprint density at radius 3 is 2.07 bits per heavy atom. The van der Waals surface area contributed by atoms with Crippen LogP contribution in [0.1, 0.15) is 32.4 Å². The predicted octanol–water partition coefficient (Wildman–Crippen LogP) is 2.08. The summed E-state index contributed by atoms with van der Waals surface area (Å²) in [6, 6.07) is 9.35. The van der Waals surface area contributed by atoms with E-state index in [1.807, 2.05) is 37.3 Å². The van der Waals surface area contributed by atoms with Crippen LogP contribution in [0.3, 0.4) is 0 Å². The van der Waals surface area contributed by atoms with E-state index in [1.54, 1.807) is 13.8 Å². The van der Waals surface area contributed by atoms with E-state index < -0.39 is 15.3 Å². The van der Waals surface area contributed by atoms with E-state index in [2.05, 4.69) is 4.72 Å². The lowest BCUT2D eigenvalue weighted by atomic mass is 10.1. The molecule has 0 aliphatic rings. The fourth-order valence-corrected chi connectivity index (χ4v) is 2.09. The highest BCUT2D eigenvalue weighted by Crippen LogP contribution is 2.13. The van der Waals surface area contributed by atoms with Crippen LogP contribution in [0, 0.1) is 0 Å². The highest BCUT2D eigenvalue weighted by molar-refractivity contribution is 7.90. The minimum atomic E-state index is -3.20. The third kappa shape index (κ3) is 3.32. The van der Waals surface area contributed by atoms with Crippen LogP contribution >= 0.6 is 0 Å². The first-order valence-corrected chi connectivity index (χ1v) is 6.54. The standard InChI is InChI=1S/C11H17NO2S/c1-9(2)15(13,14)12-10(3)11-7-5-4-6-8-11/h4-10,12H,1-3H3/t10-/m0/s1. The lowest BCUT2D eigenvalue weighted by molar-refractivity contribution is 0.558. The molecule has 1 N–H and O–H groups in total. The Labute approximate surface area is 91.6 Å². The number of nitrogens with one attached hydrogen (secondary N) is 1. The molecule has 0 radical (unpaired) electrons. The molecule has 3 nitrogen and oxygen atoms in total.